The lowest BCUT2D eigenvalue weighted by Gasteiger charge is -2.04. The van der Waals surface area contributed by atoms with Gasteiger partial charge in [-0.2, -0.15) is 0 Å². The number of carboxylic acids is 1. The van der Waals surface area contributed by atoms with Crippen LogP contribution in [0.4, 0.5) is 4.39 Å². The minimum absolute atomic E-state index is 0.270. The van der Waals surface area contributed by atoms with Crippen molar-refractivity contribution in [3.8, 4) is 0 Å². The summed E-state index contributed by atoms with van der Waals surface area (Å²) in [5.41, 5.74) is 0.707. The Labute approximate surface area is 82.2 Å². The van der Waals surface area contributed by atoms with Crippen LogP contribution in [0.1, 0.15) is 25.3 Å². The van der Waals surface area contributed by atoms with Crippen LogP contribution < -0.4 is 0 Å². The van der Waals surface area contributed by atoms with Gasteiger partial charge < -0.3 is 9.67 Å². The summed E-state index contributed by atoms with van der Waals surface area (Å²) in [5, 5.41) is 8.74. The fraction of sp³-hybridized carbons (Fsp3) is 0.500. The molecule has 0 spiro atoms. The van der Waals surface area contributed by atoms with Crippen LogP contribution in [-0.2, 0) is 11.3 Å². The second-order valence-electron chi connectivity index (χ2n) is 3.48. The zero-order valence-electron chi connectivity index (χ0n) is 8.27. The molecule has 1 aromatic rings. The van der Waals surface area contributed by atoms with Crippen LogP contribution in [0.5, 0.6) is 0 Å². The van der Waals surface area contributed by atoms with Gasteiger partial charge in [0.2, 0.25) is 0 Å². The molecular weight excluding hydrogens is 185 g/mol. The number of halogens is 1. The summed E-state index contributed by atoms with van der Waals surface area (Å²) >= 11 is 0. The molecule has 0 aromatic carbocycles. The predicted octanol–water partition coefficient (Wildman–Crippen LogP) is 2.03. The van der Waals surface area contributed by atoms with Gasteiger partial charge in [0.05, 0.1) is 12.5 Å². The summed E-state index contributed by atoms with van der Waals surface area (Å²) in [6.45, 7) is 3.35. The highest BCUT2D eigenvalue weighted by atomic mass is 19.1. The van der Waals surface area contributed by atoms with Crippen molar-refractivity contribution >= 4 is 5.97 Å². The third-order valence-electron chi connectivity index (χ3n) is 2.11. The van der Waals surface area contributed by atoms with E-state index < -0.39 is 18.1 Å². The Morgan fingerprint density at radius 2 is 2.29 bits per heavy atom. The van der Waals surface area contributed by atoms with Crippen molar-refractivity contribution in [3.05, 3.63) is 24.0 Å². The second-order valence-corrected chi connectivity index (χ2v) is 3.48. The van der Waals surface area contributed by atoms with Crippen molar-refractivity contribution in [2.75, 3.05) is 0 Å². The summed E-state index contributed by atoms with van der Waals surface area (Å²) in [5.74, 6) is -1.40. The molecule has 2 unspecified atom stereocenters. The molecule has 1 N–H and O–H groups in total. The monoisotopic (exact) mass is 199 g/mol. The highest BCUT2D eigenvalue weighted by molar-refractivity contribution is 5.75. The molecule has 3 nitrogen and oxygen atoms in total. The third-order valence-corrected chi connectivity index (χ3v) is 2.11. The fourth-order valence-electron chi connectivity index (χ4n) is 1.26. The zero-order chi connectivity index (χ0) is 10.7. The second kappa shape index (κ2) is 4.26. The molecule has 1 heterocycles. The van der Waals surface area contributed by atoms with E-state index >= 15 is 0 Å². The van der Waals surface area contributed by atoms with Gasteiger partial charge in [0.1, 0.15) is 6.17 Å². The Morgan fingerprint density at radius 3 is 2.79 bits per heavy atom. The van der Waals surface area contributed by atoms with E-state index in [0.717, 1.165) is 0 Å². The SMILES string of the molecule is CC(F)Cn1ccc(C(C)C(=O)O)c1. The molecule has 0 aliphatic carbocycles. The lowest BCUT2D eigenvalue weighted by molar-refractivity contribution is -0.138. The van der Waals surface area contributed by atoms with E-state index in [9.17, 15) is 9.18 Å². The number of hydrogen-bond acceptors (Lipinski definition) is 1. The van der Waals surface area contributed by atoms with E-state index in [4.69, 9.17) is 5.11 Å². The Hall–Kier alpha value is -1.32. The standard InChI is InChI=1S/C10H14FNO2/c1-7(11)5-12-4-3-9(6-12)8(2)10(13)14/h3-4,6-8H,5H2,1-2H3,(H,13,14). The summed E-state index contributed by atoms with van der Waals surface area (Å²) < 4.78 is 14.3. The minimum Gasteiger partial charge on any atom is -0.481 e. The number of aromatic nitrogens is 1. The minimum atomic E-state index is -0.921. The highest BCUT2D eigenvalue weighted by Crippen LogP contribution is 2.15. The Balaban J connectivity index is 2.72. The lowest BCUT2D eigenvalue weighted by Crippen LogP contribution is -2.08. The number of aliphatic carboxylic acids is 1. The molecule has 0 bridgehead atoms. The molecule has 4 heteroatoms. The average molecular weight is 199 g/mol. The van der Waals surface area contributed by atoms with E-state index in [-0.39, 0.29) is 6.54 Å². The Bertz CT molecular complexity index is 320. The molecule has 0 fully saturated rings. The Kier molecular flexibility index (Phi) is 3.28. The van der Waals surface area contributed by atoms with Crippen molar-refractivity contribution < 1.29 is 14.3 Å². The van der Waals surface area contributed by atoms with Crippen molar-refractivity contribution in [1.29, 1.82) is 0 Å². The fourth-order valence-corrected chi connectivity index (χ4v) is 1.26. The van der Waals surface area contributed by atoms with Crippen molar-refractivity contribution in [1.82, 2.24) is 4.57 Å². The first-order chi connectivity index (χ1) is 6.50. The van der Waals surface area contributed by atoms with Gasteiger partial charge in [0.25, 0.3) is 0 Å². The molecule has 2 atom stereocenters. The summed E-state index contributed by atoms with van der Waals surface area (Å²) in [4.78, 5) is 10.6. The molecule has 78 valence electrons. The van der Waals surface area contributed by atoms with Gasteiger partial charge >= 0.3 is 5.97 Å². The maximum absolute atomic E-state index is 12.6. The molecule has 0 saturated carbocycles. The third kappa shape index (κ3) is 2.58. The highest BCUT2D eigenvalue weighted by Gasteiger charge is 2.14. The molecule has 1 aromatic heterocycles. The normalized spacial score (nSPS) is 15.1. The van der Waals surface area contributed by atoms with Crippen molar-refractivity contribution in [2.45, 2.75) is 32.5 Å². The van der Waals surface area contributed by atoms with E-state index in [1.54, 1.807) is 30.0 Å². The van der Waals surface area contributed by atoms with Gasteiger partial charge in [0, 0.05) is 12.4 Å². The van der Waals surface area contributed by atoms with Crippen LogP contribution >= 0.6 is 0 Å². The topological polar surface area (TPSA) is 42.2 Å². The first-order valence-electron chi connectivity index (χ1n) is 4.53. The summed E-state index contributed by atoms with van der Waals surface area (Å²) in [7, 11) is 0. The molecule has 1 rings (SSSR count). The van der Waals surface area contributed by atoms with E-state index in [2.05, 4.69) is 0 Å². The molecule has 0 radical (unpaired) electrons. The average Bonchev–Trinajstić information content (AvgIpc) is 2.50. The van der Waals surface area contributed by atoms with Gasteiger partial charge in [-0.05, 0) is 25.5 Å². The number of nitrogens with zero attached hydrogens (tertiary/aromatic N) is 1. The largest absolute Gasteiger partial charge is 0.481 e. The van der Waals surface area contributed by atoms with Crippen LogP contribution in [0.2, 0.25) is 0 Å². The maximum Gasteiger partial charge on any atom is 0.310 e. The number of carbonyl (C=O) groups is 1. The molecule has 0 saturated heterocycles. The molecule has 0 aliphatic heterocycles. The van der Waals surface area contributed by atoms with Crippen molar-refractivity contribution in [3.63, 3.8) is 0 Å². The predicted molar refractivity (Wildman–Crippen MR) is 51.1 cm³/mol. The first kappa shape index (κ1) is 10.8. The van der Waals surface area contributed by atoms with Crippen LogP contribution in [0.3, 0.4) is 0 Å². The lowest BCUT2D eigenvalue weighted by atomic mass is 10.1. The summed E-state index contributed by atoms with van der Waals surface area (Å²) in [6.07, 6.45) is 2.45. The van der Waals surface area contributed by atoms with Gasteiger partial charge in [0.15, 0.2) is 0 Å². The maximum atomic E-state index is 12.6. The first-order valence-corrected chi connectivity index (χ1v) is 4.53. The van der Waals surface area contributed by atoms with Gasteiger partial charge in [-0.25, -0.2) is 4.39 Å². The zero-order valence-corrected chi connectivity index (χ0v) is 8.27. The van der Waals surface area contributed by atoms with Gasteiger partial charge in [-0.1, -0.05) is 0 Å². The molecular formula is C10H14FNO2. The molecule has 14 heavy (non-hydrogen) atoms. The molecule has 0 amide bonds. The van der Waals surface area contributed by atoms with Gasteiger partial charge in [-0.15, -0.1) is 0 Å². The quantitative estimate of drug-likeness (QED) is 0.806. The smallest absolute Gasteiger partial charge is 0.310 e. The molecule has 0 aliphatic rings. The summed E-state index contributed by atoms with van der Waals surface area (Å²) in [6, 6.07) is 1.71. The van der Waals surface area contributed by atoms with Crippen LogP contribution in [0, 0.1) is 0 Å². The Morgan fingerprint density at radius 1 is 1.64 bits per heavy atom. The van der Waals surface area contributed by atoms with Crippen LogP contribution in [0.15, 0.2) is 18.5 Å². The number of alkyl halides is 1. The van der Waals surface area contributed by atoms with Crippen LogP contribution in [0.25, 0.3) is 0 Å². The van der Waals surface area contributed by atoms with E-state index in [1.165, 1.54) is 6.92 Å². The number of hydrogen-bond donors (Lipinski definition) is 1. The van der Waals surface area contributed by atoms with E-state index in [1.807, 2.05) is 0 Å². The van der Waals surface area contributed by atoms with Crippen molar-refractivity contribution in [2.24, 2.45) is 0 Å². The number of carboxylic acid groups (broad SMARTS) is 1. The van der Waals surface area contributed by atoms with Gasteiger partial charge in [-0.3, -0.25) is 4.79 Å². The van der Waals surface area contributed by atoms with E-state index in [0.29, 0.717) is 5.56 Å². The number of rotatable bonds is 4. The van der Waals surface area contributed by atoms with Crippen LogP contribution in [-0.4, -0.2) is 21.8 Å².